The number of carbonyl (C=O) groups is 6. The number of para-hydroxylation sites is 1. The number of aromatic nitrogens is 9. The summed E-state index contributed by atoms with van der Waals surface area (Å²) in [6, 6.07) is 24.3. The molecule has 2 aliphatic carbocycles. The number of imide groups is 2. The molecule has 10 aromatic rings. The van der Waals surface area contributed by atoms with Gasteiger partial charge in [0, 0.05) is 75.3 Å². The highest BCUT2D eigenvalue weighted by atomic mass is 19.4. The van der Waals surface area contributed by atoms with Crippen LogP contribution in [0.25, 0.3) is 43.9 Å². The van der Waals surface area contributed by atoms with Gasteiger partial charge in [0.25, 0.3) is 11.8 Å². The summed E-state index contributed by atoms with van der Waals surface area (Å²) in [6.45, 7) is 7.02. The third-order valence-electron chi connectivity index (χ3n) is 24.7. The number of carbonyl (C=O) groups excluding carboxylic acids is 6. The van der Waals surface area contributed by atoms with Crippen LogP contribution in [-0.4, -0.2) is 142 Å². The van der Waals surface area contributed by atoms with Gasteiger partial charge in [-0.25, -0.2) is 19.0 Å². The molecule has 2 saturated carbocycles. The number of piperidine rings is 4. The normalized spacial score (nSPS) is 23.0. The Balaban J connectivity index is 0.718. The van der Waals surface area contributed by atoms with Gasteiger partial charge >= 0.3 is 17.6 Å². The van der Waals surface area contributed by atoms with Crippen LogP contribution in [-0.2, 0) is 39.4 Å². The number of hydrogen-bond acceptors (Lipinski definition) is 15. The van der Waals surface area contributed by atoms with Gasteiger partial charge in [0.2, 0.25) is 23.6 Å². The van der Waals surface area contributed by atoms with Crippen molar-refractivity contribution in [2.75, 3.05) is 64.1 Å². The predicted molar refractivity (Wildman–Crippen MR) is 403 cm³/mol. The van der Waals surface area contributed by atoms with Crippen LogP contribution in [0, 0.1) is 36.4 Å². The zero-order valence-electron chi connectivity index (χ0n) is 61.8. The second kappa shape index (κ2) is 29.5. The largest absolute Gasteiger partial charge is 0.494 e. The van der Waals surface area contributed by atoms with E-state index < -0.39 is 59.1 Å². The summed E-state index contributed by atoms with van der Waals surface area (Å²) in [7, 11) is 6.45. The number of imidazole rings is 2. The summed E-state index contributed by atoms with van der Waals surface area (Å²) >= 11 is 0. The lowest BCUT2D eigenvalue weighted by molar-refractivity contribution is -0.141. The number of hydrogen-bond donors (Lipinski definition) is 4. The number of aryl methyl sites for hydroxylation is 3. The topological polar surface area (TPSA) is 278 Å². The number of benzene rings is 5. The van der Waals surface area contributed by atoms with E-state index in [-0.39, 0.29) is 113 Å². The van der Waals surface area contributed by atoms with E-state index in [4.69, 9.17) is 19.7 Å². The van der Waals surface area contributed by atoms with Gasteiger partial charge in [0.15, 0.2) is 0 Å². The Morgan fingerprint density at radius 3 is 1.58 bits per heavy atom. The molecule has 4 N–H and O–H groups in total. The number of fused-ring (bicyclic) bond motifs is 4. The van der Waals surface area contributed by atoms with E-state index >= 15 is 0 Å². The van der Waals surface area contributed by atoms with Crippen molar-refractivity contribution in [3.8, 4) is 11.5 Å². The number of amides is 6. The van der Waals surface area contributed by atoms with Crippen LogP contribution >= 0.6 is 0 Å². The van der Waals surface area contributed by atoms with E-state index in [0.29, 0.717) is 38.9 Å². The fourth-order valence-corrected chi connectivity index (χ4v) is 19.2. The maximum absolute atomic E-state index is 15.0. The number of nitrogens with one attached hydrogen (secondary N) is 4. The number of pyridine rings is 1. The summed E-state index contributed by atoms with van der Waals surface area (Å²) < 4.78 is 78.4. The van der Waals surface area contributed by atoms with Crippen LogP contribution in [0.2, 0.25) is 0 Å². The maximum atomic E-state index is 15.0. The van der Waals surface area contributed by atoms with Crippen LogP contribution < -0.4 is 42.1 Å². The Labute approximate surface area is 629 Å². The lowest BCUT2D eigenvalue weighted by Gasteiger charge is -2.49. The number of likely N-dealkylation sites (tertiary alicyclic amines) is 2. The number of methoxy groups -OCH3 is 2. The Hall–Kier alpha value is -10.8. The van der Waals surface area contributed by atoms with Crippen molar-refractivity contribution in [1.82, 2.24) is 63.2 Å². The third kappa shape index (κ3) is 13.8. The first-order valence-electron chi connectivity index (χ1n) is 38.0. The van der Waals surface area contributed by atoms with Gasteiger partial charge in [-0.3, -0.25) is 67.0 Å². The molecule has 0 bridgehead atoms. The average molecular weight is 1510 g/mol. The Kier molecular flexibility index (Phi) is 19.7. The second-order valence-corrected chi connectivity index (χ2v) is 30.9. The van der Waals surface area contributed by atoms with Crippen molar-refractivity contribution in [2.24, 2.45) is 37.8 Å². The molecule has 574 valence electrons. The highest BCUT2D eigenvalue weighted by Crippen LogP contribution is 2.52. The van der Waals surface area contributed by atoms with Crippen molar-refractivity contribution < 1.29 is 55.8 Å². The average Bonchev–Trinajstić information content (AvgIpc) is 1.57. The molecule has 4 aliphatic heterocycles. The molecular formula is C81H87F4N15O10. The summed E-state index contributed by atoms with van der Waals surface area (Å²) in [5.74, 6) is -2.07. The number of anilines is 2. The molecule has 9 heterocycles. The van der Waals surface area contributed by atoms with E-state index in [9.17, 15) is 55.9 Å². The standard InChI is InChI=1S/C81H87F4N15O10/c1-44-53(20-21-65-73(44)93(2)79(107)100(65)67-23-25-72(102)90-78(67)106)45-26-30-95(31-27-45)40-47-16-18-52(98-43-50-35-63(69(110-5)39-61(50)92-98)88-76(104)59-13-9-15-70(86-59)81(83,84)85)37-56(47)57-36-51(97-42-49-34-62(68(109-4)38-60(49)91-97)87-75(103)55-10-6-7-12-58(55)82)19-17-48(57)41-96-32-28-46(29-33-96)54-11-8-14-64-74(54)94(3)80(108)99(64)66-22-24-71(101)89-77(66)105/h6-15,20-21,34-35,38-39,42-43,45-48,51-52,56-57,66-67H,16-19,22-33,36-37,40-41H2,1-5H3,(H,87,103)(H,88,104)(H,89,101,105)(H,90,102,106)/t47-,48+,51-,52+,56?,57?,66?,67?/m1/s1. The fourth-order valence-electron chi connectivity index (χ4n) is 19.2. The predicted octanol–water partition coefficient (Wildman–Crippen LogP) is 11.4. The zero-order chi connectivity index (χ0) is 76.7. The molecule has 6 fully saturated rings. The fraction of sp³-hybridized carbons (Fsp3) is 0.444. The molecule has 5 aromatic carbocycles. The second-order valence-electron chi connectivity index (χ2n) is 30.9. The van der Waals surface area contributed by atoms with E-state index in [1.165, 1.54) is 43.1 Å². The summed E-state index contributed by atoms with van der Waals surface area (Å²) in [5.41, 5.74) is 5.65. The van der Waals surface area contributed by atoms with Gasteiger partial charge in [-0.1, -0.05) is 36.4 Å². The van der Waals surface area contributed by atoms with Crippen LogP contribution in [0.3, 0.4) is 0 Å². The van der Waals surface area contributed by atoms with Crippen LogP contribution in [0.4, 0.5) is 28.9 Å². The minimum atomic E-state index is -4.76. The van der Waals surface area contributed by atoms with E-state index in [2.05, 4.69) is 59.8 Å². The Morgan fingerprint density at radius 2 is 1.06 bits per heavy atom. The lowest BCUT2D eigenvalue weighted by atomic mass is 9.62. The van der Waals surface area contributed by atoms with Crippen LogP contribution in [0.15, 0.2) is 119 Å². The summed E-state index contributed by atoms with van der Waals surface area (Å²) in [5, 5.41) is 22.4. The highest BCUT2D eigenvalue weighted by Gasteiger charge is 2.46. The minimum Gasteiger partial charge on any atom is -0.494 e. The molecule has 29 heteroatoms. The smallest absolute Gasteiger partial charge is 0.433 e. The van der Waals surface area contributed by atoms with Crippen molar-refractivity contribution in [2.45, 2.75) is 139 Å². The number of alkyl halides is 3. The van der Waals surface area contributed by atoms with Crippen molar-refractivity contribution in [1.29, 1.82) is 0 Å². The molecule has 5 aromatic heterocycles. The summed E-state index contributed by atoms with van der Waals surface area (Å²) in [6.07, 6.45) is 8.37. The number of rotatable bonds is 17. The molecule has 4 unspecified atom stereocenters. The van der Waals surface area contributed by atoms with Gasteiger partial charge in [-0.05, 0) is 211 Å². The van der Waals surface area contributed by atoms with Gasteiger partial charge in [0.05, 0.1) is 76.3 Å². The van der Waals surface area contributed by atoms with Crippen molar-refractivity contribution in [3.05, 3.63) is 170 Å². The molecular weight excluding hydrogens is 1420 g/mol. The van der Waals surface area contributed by atoms with E-state index in [0.717, 1.165) is 149 Å². The van der Waals surface area contributed by atoms with Crippen molar-refractivity contribution in [3.63, 3.8) is 0 Å². The monoisotopic (exact) mass is 1510 g/mol. The number of halogens is 4. The van der Waals surface area contributed by atoms with Crippen LogP contribution in [0.1, 0.15) is 169 Å². The van der Waals surface area contributed by atoms with Gasteiger partial charge in [-0.15, -0.1) is 0 Å². The molecule has 8 atom stereocenters. The summed E-state index contributed by atoms with van der Waals surface area (Å²) in [4.78, 5) is 115. The van der Waals surface area contributed by atoms with Gasteiger partial charge in [0.1, 0.15) is 40.8 Å². The molecule has 6 amide bonds. The van der Waals surface area contributed by atoms with Gasteiger partial charge in [-0.2, -0.15) is 23.4 Å². The molecule has 110 heavy (non-hydrogen) atoms. The SMILES string of the molecule is COc1cc2nn([C@H]3CC[C@H](CN4CCC(c5ccc6c(c5C)n(C)c(=O)n6C5CCC(=O)NC5=O)CC4)C(C4C[C@H](n5cc6cc(NC(=O)c7ccccc7F)c(OC)cc6n5)CC[C@H]4CN4CCC(c5cccc6c5n(C)c(=O)n6C5CCC(=O)NC5=O)CC4)C3)cc2cc1NC(=O)c1cccc(C(F)(F)F)n1. The van der Waals surface area contributed by atoms with Gasteiger partial charge < -0.3 is 29.9 Å². The molecule has 4 saturated heterocycles. The Bertz CT molecular complexity index is 5460. The molecule has 6 aliphatic rings. The minimum absolute atomic E-state index is 0.0475. The first-order valence-corrected chi connectivity index (χ1v) is 38.0. The zero-order valence-corrected chi connectivity index (χ0v) is 61.8. The highest BCUT2D eigenvalue weighted by molar-refractivity contribution is 6.07. The maximum Gasteiger partial charge on any atom is 0.433 e. The molecule has 0 radical (unpaired) electrons. The lowest BCUT2D eigenvalue weighted by Crippen LogP contribution is -2.47. The van der Waals surface area contributed by atoms with Crippen LogP contribution in [0.5, 0.6) is 11.5 Å². The molecule has 16 rings (SSSR count). The molecule has 0 spiro atoms. The first-order chi connectivity index (χ1) is 53.0. The quantitative estimate of drug-likeness (QED) is 0.0487. The number of nitrogens with zero attached hydrogens (tertiary/aromatic N) is 11. The first kappa shape index (κ1) is 73.3. The Morgan fingerprint density at radius 1 is 0.564 bits per heavy atom. The number of ether oxygens (including phenoxy) is 2. The third-order valence-corrected chi connectivity index (χ3v) is 24.7. The molecule has 25 nitrogen and oxygen atoms in total. The van der Waals surface area contributed by atoms with E-state index in [1.54, 1.807) is 52.1 Å². The van der Waals surface area contributed by atoms with Crippen molar-refractivity contribution >= 4 is 90.7 Å². The van der Waals surface area contributed by atoms with E-state index in [1.807, 2.05) is 41.3 Å².